The lowest BCUT2D eigenvalue weighted by molar-refractivity contribution is 0.0245. The Labute approximate surface area is 71.3 Å². The van der Waals surface area contributed by atoms with E-state index in [9.17, 15) is 4.39 Å². The molecule has 0 N–H and O–H groups in total. The van der Waals surface area contributed by atoms with E-state index in [0.29, 0.717) is 19.1 Å². The Hall–Kier alpha value is 0.240. The highest BCUT2D eigenvalue weighted by Gasteiger charge is 2.32. The fraction of sp³-hybridized carbons (Fsp3) is 1.00. The van der Waals surface area contributed by atoms with E-state index in [1.807, 2.05) is 11.8 Å². The van der Waals surface area contributed by atoms with Crippen LogP contribution in [0.5, 0.6) is 0 Å². The number of likely N-dealkylation sites (tertiary alicyclic amines) is 1. The lowest BCUT2D eigenvalue weighted by atomic mass is 10.0. The molecule has 0 aromatic carbocycles. The van der Waals surface area contributed by atoms with Gasteiger partial charge in [-0.1, -0.05) is 0 Å². The molecule has 1 nitrogen and oxygen atoms in total. The number of hydrogen-bond acceptors (Lipinski definition) is 2. The third kappa shape index (κ3) is 1.70. The molecule has 0 aromatic heterocycles. The van der Waals surface area contributed by atoms with Gasteiger partial charge in [0.15, 0.2) is 0 Å². The maximum atomic E-state index is 12.5. The number of rotatable bonds is 1. The van der Waals surface area contributed by atoms with E-state index in [0.717, 1.165) is 0 Å². The minimum atomic E-state index is -0.524. The molecule has 2 aliphatic rings. The van der Waals surface area contributed by atoms with Gasteiger partial charge in [0.25, 0.3) is 0 Å². The third-order valence-corrected chi connectivity index (χ3v) is 3.62. The third-order valence-electron chi connectivity index (χ3n) is 2.57. The molecule has 2 aliphatic heterocycles. The number of hydrogen-bond donors (Lipinski definition) is 0. The Morgan fingerprint density at radius 3 is 2.36 bits per heavy atom. The second kappa shape index (κ2) is 3.31. The molecule has 11 heavy (non-hydrogen) atoms. The highest BCUT2D eigenvalue weighted by Crippen LogP contribution is 2.25. The smallest absolute Gasteiger partial charge is 0.125 e. The van der Waals surface area contributed by atoms with E-state index < -0.39 is 6.17 Å². The van der Waals surface area contributed by atoms with Crippen molar-refractivity contribution in [3.8, 4) is 0 Å². The molecule has 0 saturated carbocycles. The van der Waals surface area contributed by atoms with Gasteiger partial charge in [0.2, 0.25) is 0 Å². The zero-order valence-electron chi connectivity index (χ0n) is 6.63. The Kier molecular flexibility index (Phi) is 2.37. The molecular formula is C8H14FNS. The van der Waals surface area contributed by atoms with Crippen molar-refractivity contribution >= 4 is 11.8 Å². The number of thioether (sulfide) groups is 1. The predicted octanol–water partition coefficient (Wildman–Crippen LogP) is 1.54. The fourth-order valence-corrected chi connectivity index (χ4v) is 2.89. The maximum absolute atomic E-state index is 12.5. The number of alkyl halides is 1. The summed E-state index contributed by atoms with van der Waals surface area (Å²) < 4.78 is 12.5. The highest BCUT2D eigenvalue weighted by atomic mass is 32.2. The topological polar surface area (TPSA) is 3.24 Å². The monoisotopic (exact) mass is 175 g/mol. The Morgan fingerprint density at radius 2 is 1.82 bits per heavy atom. The van der Waals surface area contributed by atoms with Crippen LogP contribution in [0.15, 0.2) is 0 Å². The van der Waals surface area contributed by atoms with Crippen molar-refractivity contribution in [2.75, 3.05) is 24.6 Å². The predicted molar refractivity (Wildman–Crippen MR) is 46.8 cm³/mol. The van der Waals surface area contributed by atoms with Crippen LogP contribution in [-0.2, 0) is 0 Å². The molecule has 2 rings (SSSR count). The second-order valence-corrected chi connectivity index (χ2v) is 4.62. The summed E-state index contributed by atoms with van der Waals surface area (Å²) in [5.74, 6) is 2.55. The summed E-state index contributed by atoms with van der Waals surface area (Å²) in [5, 5.41) is 0. The van der Waals surface area contributed by atoms with E-state index in [-0.39, 0.29) is 0 Å². The summed E-state index contributed by atoms with van der Waals surface area (Å²) in [7, 11) is 0. The first-order valence-electron chi connectivity index (χ1n) is 4.32. The molecule has 0 amide bonds. The summed E-state index contributed by atoms with van der Waals surface area (Å²) in [6, 6.07) is 0.711. The summed E-state index contributed by atoms with van der Waals surface area (Å²) in [6.07, 6.45) is 2.03. The van der Waals surface area contributed by atoms with Gasteiger partial charge in [0.05, 0.1) is 0 Å². The molecule has 0 spiro atoms. The summed E-state index contributed by atoms with van der Waals surface area (Å²) >= 11 is 2.03. The molecule has 2 saturated heterocycles. The van der Waals surface area contributed by atoms with E-state index in [4.69, 9.17) is 0 Å². The van der Waals surface area contributed by atoms with E-state index >= 15 is 0 Å². The van der Waals surface area contributed by atoms with Crippen molar-refractivity contribution in [3.05, 3.63) is 0 Å². The fourth-order valence-electron chi connectivity index (χ4n) is 1.80. The minimum Gasteiger partial charge on any atom is -0.294 e. The zero-order valence-corrected chi connectivity index (χ0v) is 7.45. The molecular weight excluding hydrogens is 161 g/mol. The van der Waals surface area contributed by atoms with Crippen LogP contribution in [0.1, 0.15) is 12.8 Å². The highest BCUT2D eigenvalue weighted by molar-refractivity contribution is 7.99. The molecule has 0 aromatic rings. The van der Waals surface area contributed by atoms with Gasteiger partial charge >= 0.3 is 0 Å². The Morgan fingerprint density at radius 1 is 1.18 bits per heavy atom. The van der Waals surface area contributed by atoms with Gasteiger partial charge in [-0.2, -0.15) is 11.8 Å². The molecule has 3 heteroatoms. The van der Waals surface area contributed by atoms with Gasteiger partial charge in [0, 0.05) is 19.1 Å². The first-order chi connectivity index (χ1) is 5.36. The SMILES string of the molecule is FC1CN(C2CCSCC2)C1. The molecule has 2 fully saturated rings. The molecule has 0 radical (unpaired) electrons. The Bertz CT molecular complexity index is 130. The van der Waals surface area contributed by atoms with Crippen LogP contribution in [0.25, 0.3) is 0 Å². The van der Waals surface area contributed by atoms with Crippen LogP contribution >= 0.6 is 11.8 Å². The van der Waals surface area contributed by atoms with Crippen LogP contribution in [0.2, 0.25) is 0 Å². The first-order valence-corrected chi connectivity index (χ1v) is 5.47. The van der Waals surface area contributed by atoms with Crippen molar-refractivity contribution < 1.29 is 4.39 Å². The Balaban J connectivity index is 1.76. The molecule has 0 unspecified atom stereocenters. The molecule has 0 atom stereocenters. The van der Waals surface area contributed by atoms with Crippen molar-refractivity contribution in [2.24, 2.45) is 0 Å². The van der Waals surface area contributed by atoms with E-state index in [1.165, 1.54) is 24.3 Å². The normalized spacial score (nSPS) is 30.3. The lowest BCUT2D eigenvalue weighted by Crippen LogP contribution is -2.54. The van der Waals surface area contributed by atoms with Crippen molar-refractivity contribution in [2.45, 2.75) is 25.1 Å². The van der Waals surface area contributed by atoms with E-state index in [2.05, 4.69) is 4.90 Å². The second-order valence-electron chi connectivity index (χ2n) is 3.39. The largest absolute Gasteiger partial charge is 0.294 e. The molecule has 64 valence electrons. The average molecular weight is 175 g/mol. The van der Waals surface area contributed by atoms with Crippen molar-refractivity contribution in [1.29, 1.82) is 0 Å². The summed E-state index contributed by atoms with van der Waals surface area (Å²) in [5.41, 5.74) is 0. The summed E-state index contributed by atoms with van der Waals surface area (Å²) in [6.45, 7) is 1.41. The summed E-state index contributed by atoms with van der Waals surface area (Å²) in [4.78, 5) is 2.30. The van der Waals surface area contributed by atoms with Crippen molar-refractivity contribution in [3.63, 3.8) is 0 Å². The van der Waals surface area contributed by atoms with Crippen molar-refractivity contribution in [1.82, 2.24) is 4.90 Å². The maximum Gasteiger partial charge on any atom is 0.125 e. The standard InChI is InChI=1S/C8H14FNS/c9-7-5-10(6-7)8-1-3-11-4-2-8/h7-8H,1-6H2. The molecule has 0 aliphatic carbocycles. The van der Waals surface area contributed by atoms with Gasteiger partial charge in [-0.15, -0.1) is 0 Å². The van der Waals surface area contributed by atoms with Gasteiger partial charge < -0.3 is 0 Å². The van der Waals surface area contributed by atoms with Crippen LogP contribution in [0, 0.1) is 0 Å². The lowest BCUT2D eigenvalue weighted by Gasteiger charge is -2.42. The molecule has 0 bridgehead atoms. The first kappa shape index (κ1) is 7.87. The van der Waals surface area contributed by atoms with Crippen LogP contribution in [-0.4, -0.2) is 41.7 Å². The number of halogens is 1. The zero-order chi connectivity index (χ0) is 7.68. The quantitative estimate of drug-likeness (QED) is 0.594. The van der Waals surface area contributed by atoms with Gasteiger partial charge in [-0.3, -0.25) is 4.90 Å². The van der Waals surface area contributed by atoms with Gasteiger partial charge in [-0.25, -0.2) is 4.39 Å². The van der Waals surface area contributed by atoms with Gasteiger partial charge in [-0.05, 0) is 24.3 Å². The molecule has 2 heterocycles. The van der Waals surface area contributed by atoms with Crippen LogP contribution < -0.4 is 0 Å². The van der Waals surface area contributed by atoms with E-state index in [1.54, 1.807) is 0 Å². The van der Waals surface area contributed by atoms with Gasteiger partial charge in [0.1, 0.15) is 6.17 Å². The van der Waals surface area contributed by atoms with Crippen LogP contribution in [0.3, 0.4) is 0 Å². The minimum absolute atomic E-state index is 0.524. The average Bonchev–Trinajstić information content (AvgIpc) is 2.01. The van der Waals surface area contributed by atoms with Crippen LogP contribution in [0.4, 0.5) is 4.39 Å². The number of nitrogens with zero attached hydrogens (tertiary/aromatic N) is 1.